The van der Waals surface area contributed by atoms with Crippen molar-refractivity contribution in [1.29, 1.82) is 0 Å². The van der Waals surface area contributed by atoms with Crippen LogP contribution >= 0.6 is 0 Å². The molecule has 1 aliphatic rings. The molecule has 2 amide bonds. The van der Waals surface area contributed by atoms with Crippen molar-refractivity contribution >= 4 is 17.7 Å². The fraction of sp³-hybridized carbons (Fsp3) is 0.286. The number of alkyl carbamates (subject to hydrolysis) is 1. The van der Waals surface area contributed by atoms with E-state index in [0.717, 1.165) is 23.3 Å². The first-order valence-electron chi connectivity index (χ1n) is 12.0. The van der Waals surface area contributed by atoms with Gasteiger partial charge < -0.3 is 20.1 Å². The lowest BCUT2D eigenvalue weighted by Gasteiger charge is -2.13. The Morgan fingerprint density at radius 1 is 0.946 bits per heavy atom. The summed E-state index contributed by atoms with van der Waals surface area (Å²) >= 11 is 0. The van der Waals surface area contributed by atoms with Gasteiger partial charge in [-0.1, -0.05) is 36.4 Å². The largest absolute Gasteiger partial charge is 0.447 e. The summed E-state index contributed by atoms with van der Waals surface area (Å²) in [6, 6.07) is 17.0. The number of hydrogen-bond donors (Lipinski definition) is 2. The first-order chi connectivity index (χ1) is 17.7. The van der Waals surface area contributed by atoms with Crippen LogP contribution in [0.1, 0.15) is 34.0 Å². The minimum Gasteiger partial charge on any atom is -0.447 e. The number of carbonyl (C=O) groups excluding carboxylic acids is 2. The summed E-state index contributed by atoms with van der Waals surface area (Å²) < 4.78 is 49.1. The second kappa shape index (κ2) is 11.5. The number of fused-ring (bicyclic) bond motifs is 1. The van der Waals surface area contributed by atoms with Gasteiger partial charge in [0.25, 0.3) is 5.91 Å². The number of rotatable bonds is 8. The molecular formula is C28H27F3N2O4. The van der Waals surface area contributed by atoms with E-state index in [1.165, 1.54) is 12.1 Å². The Labute approximate surface area is 212 Å². The zero-order valence-electron chi connectivity index (χ0n) is 20.2. The number of halogens is 3. The third kappa shape index (κ3) is 6.68. The quantitative estimate of drug-likeness (QED) is 0.371. The van der Waals surface area contributed by atoms with Crippen molar-refractivity contribution < 1.29 is 32.2 Å². The predicted molar refractivity (Wildman–Crippen MR) is 133 cm³/mol. The van der Waals surface area contributed by atoms with Crippen LogP contribution in [0.4, 0.5) is 23.7 Å². The van der Waals surface area contributed by atoms with E-state index in [9.17, 15) is 22.8 Å². The van der Waals surface area contributed by atoms with Gasteiger partial charge in [0, 0.05) is 23.9 Å². The van der Waals surface area contributed by atoms with E-state index in [-0.39, 0.29) is 18.6 Å². The molecule has 194 valence electrons. The number of amides is 2. The van der Waals surface area contributed by atoms with Crippen LogP contribution in [-0.4, -0.2) is 37.9 Å². The third-order valence-corrected chi connectivity index (χ3v) is 6.08. The highest BCUT2D eigenvalue weighted by molar-refractivity contribution is 6.08. The Morgan fingerprint density at radius 2 is 1.68 bits per heavy atom. The Balaban J connectivity index is 1.41. The Kier molecular flexibility index (Phi) is 8.13. The molecule has 9 heteroatoms. The van der Waals surface area contributed by atoms with Crippen LogP contribution < -0.4 is 10.6 Å². The molecule has 1 atom stereocenters. The van der Waals surface area contributed by atoms with Gasteiger partial charge in [-0.15, -0.1) is 0 Å². The number of carbonyl (C=O) groups is 2. The SMILES string of the molecule is CCOCCOC(=O)NC1Cc2ccc(NC(=O)c3ccccc3-c3ccc(C(F)(F)F)cc3)cc2C1. The average molecular weight is 513 g/mol. The van der Waals surface area contributed by atoms with Crippen molar-refractivity contribution in [3.8, 4) is 11.1 Å². The molecule has 0 radical (unpaired) electrons. The number of hydrogen-bond acceptors (Lipinski definition) is 4. The second-order valence-electron chi connectivity index (χ2n) is 8.64. The fourth-order valence-corrected chi connectivity index (χ4v) is 4.31. The molecule has 1 unspecified atom stereocenters. The summed E-state index contributed by atoms with van der Waals surface area (Å²) in [5.74, 6) is -0.374. The second-order valence-corrected chi connectivity index (χ2v) is 8.64. The molecule has 0 aliphatic heterocycles. The van der Waals surface area contributed by atoms with E-state index in [1.54, 1.807) is 30.3 Å². The van der Waals surface area contributed by atoms with E-state index in [0.29, 0.717) is 48.4 Å². The van der Waals surface area contributed by atoms with Gasteiger partial charge in [0.1, 0.15) is 6.61 Å². The van der Waals surface area contributed by atoms with Crippen LogP contribution in [0.15, 0.2) is 66.7 Å². The van der Waals surface area contributed by atoms with Gasteiger partial charge in [-0.2, -0.15) is 13.2 Å². The molecule has 0 saturated heterocycles. The molecule has 3 aromatic rings. The van der Waals surface area contributed by atoms with Gasteiger partial charge in [-0.3, -0.25) is 4.79 Å². The minimum atomic E-state index is -4.43. The molecule has 0 heterocycles. The molecular weight excluding hydrogens is 485 g/mol. The lowest BCUT2D eigenvalue weighted by molar-refractivity contribution is -0.137. The summed E-state index contributed by atoms with van der Waals surface area (Å²) in [6.45, 7) is 2.95. The number of ether oxygens (including phenoxy) is 2. The van der Waals surface area contributed by atoms with Crippen LogP contribution in [0.25, 0.3) is 11.1 Å². The van der Waals surface area contributed by atoms with E-state index < -0.39 is 17.8 Å². The van der Waals surface area contributed by atoms with Crippen molar-refractivity contribution in [3.05, 3.63) is 89.0 Å². The van der Waals surface area contributed by atoms with Gasteiger partial charge in [0.05, 0.1) is 12.2 Å². The highest BCUT2D eigenvalue weighted by Crippen LogP contribution is 2.32. The van der Waals surface area contributed by atoms with Gasteiger partial charge in [0.2, 0.25) is 0 Å². The molecule has 2 N–H and O–H groups in total. The maximum atomic E-state index is 13.1. The van der Waals surface area contributed by atoms with Crippen molar-refractivity contribution in [2.75, 3.05) is 25.1 Å². The van der Waals surface area contributed by atoms with Crippen LogP contribution in [0.5, 0.6) is 0 Å². The number of anilines is 1. The Hall–Kier alpha value is -3.85. The topological polar surface area (TPSA) is 76.7 Å². The number of alkyl halides is 3. The molecule has 1 aliphatic carbocycles. The summed E-state index contributed by atoms with van der Waals surface area (Å²) in [6.07, 6.45) is -3.67. The number of nitrogens with one attached hydrogen (secondary N) is 2. The Bertz CT molecular complexity index is 1260. The van der Waals surface area contributed by atoms with Crippen molar-refractivity contribution in [2.24, 2.45) is 0 Å². The van der Waals surface area contributed by atoms with Crippen molar-refractivity contribution in [3.63, 3.8) is 0 Å². The summed E-state index contributed by atoms with van der Waals surface area (Å²) in [4.78, 5) is 25.1. The summed E-state index contributed by atoms with van der Waals surface area (Å²) in [7, 11) is 0. The van der Waals surface area contributed by atoms with Gasteiger partial charge in [-0.05, 0) is 72.4 Å². The van der Waals surface area contributed by atoms with Gasteiger partial charge >= 0.3 is 12.3 Å². The normalized spacial score (nSPS) is 14.6. The maximum absolute atomic E-state index is 13.1. The fourth-order valence-electron chi connectivity index (χ4n) is 4.31. The van der Waals surface area contributed by atoms with Crippen LogP contribution in [0.2, 0.25) is 0 Å². The summed E-state index contributed by atoms with van der Waals surface area (Å²) in [5.41, 5.74) is 3.30. The van der Waals surface area contributed by atoms with Crippen LogP contribution in [0.3, 0.4) is 0 Å². The molecule has 37 heavy (non-hydrogen) atoms. The molecule has 0 saturated carbocycles. The lowest BCUT2D eigenvalue weighted by Crippen LogP contribution is -2.36. The highest BCUT2D eigenvalue weighted by Gasteiger charge is 2.30. The monoisotopic (exact) mass is 512 g/mol. The molecule has 4 rings (SSSR count). The van der Waals surface area contributed by atoms with Crippen LogP contribution in [-0.2, 0) is 28.5 Å². The molecule has 3 aromatic carbocycles. The first-order valence-corrected chi connectivity index (χ1v) is 12.0. The molecule has 6 nitrogen and oxygen atoms in total. The molecule has 0 fully saturated rings. The zero-order chi connectivity index (χ0) is 26.4. The Morgan fingerprint density at radius 3 is 2.41 bits per heavy atom. The molecule has 0 bridgehead atoms. The molecule has 0 aromatic heterocycles. The number of benzene rings is 3. The zero-order valence-corrected chi connectivity index (χ0v) is 20.2. The van der Waals surface area contributed by atoms with Crippen molar-refractivity contribution in [2.45, 2.75) is 32.0 Å². The maximum Gasteiger partial charge on any atom is 0.416 e. The van der Waals surface area contributed by atoms with E-state index in [4.69, 9.17) is 9.47 Å². The standard InChI is InChI=1S/C28H27F3N2O4/c1-2-36-13-14-37-27(35)33-23-15-19-9-12-22(16-20(19)17-23)32-26(34)25-6-4-3-5-24(25)18-7-10-21(11-8-18)28(29,30)31/h3-12,16,23H,2,13-15,17H2,1H3,(H,32,34)(H,33,35). The third-order valence-electron chi connectivity index (χ3n) is 6.08. The first kappa shape index (κ1) is 26.2. The minimum absolute atomic E-state index is 0.110. The average Bonchev–Trinajstić information content (AvgIpc) is 3.27. The lowest BCUT2D eigenvalue weighted by atomic mass is 9.98. The van der Waals surface area contributed by atoms with E-state index in [1.807, 2.05) is 19.1 Å². The van der Waals surface area contributed by atoms with Gasteiger partial charge in [-0.25, -0.2) is 4.79 Å². The van der Waals surface area contributed by atoms with E-state index >= 15 is 0 Å². The van der Waals surface area contributed by atoms with E-state index in [2.05, 4.69) is 10.6 Å². The summed E-state index contributed by atoms with van der Waals surface area (Å²) in [5, 5.41) is 5.74. The predicted octanol–water partition coefficient (Wildman–Crippen LogP) is 5.85. The van der Waals surface area contributed by atoms with Crippen molar-refractivity contribution in [1.82, 2.24) is 5.32 Å². The smallest absolute Gasteiger partial charge is 0.416 e. The van der Waals surface area contributed by atoms with Crippen LogP contribution in [0, 0.1) is 0 Å². The highest BCUT2D eigenvalue weighted by atomic mass is 19.4. The van der Waals surface area contributed by atoms with Gasteiger partial charge in [0.15, 0.2) is 0 Å². The molecule has 0 spiro atoms.